The number of H-pyrrole nitrogens is 1. The number of carbonyl (C=O) groups excluding carboxylic acids is 1. The van der Waals surface area contributed by atoms with E-state index in [0.29, 0.717) is 12.3 Å². The molecule has 26 heavy (non-hydrogen) atoms. The maximum atomic E-state index is 12.7. The Balaban J connectivity index is 1.27. The van der Waals surface area contributed by atoms with Crippen molar-refractivity contribution >= 4 is 16.8 Å². The van der Waals surface area contributed by atoms with Crippen LogP contribution in [0.4, 0.5) is 0 Å². The molecule has 0 unspecified atom stereocenters. The molecule has 134 valence electrons. The molecule has 0 radical (unpaired) electrons. The summed E-state index contributed by atoms with van der Waals surface area (Å²) in [5, 5.41) is 1.08. The quantitative estimate of drug-likeness (QED) is 0.770. The summed E-state index contributed by atoms with van der Waals surface area (Å²) in [4.78, 5) is 20.2. The van der Waals surface area contributed by atoms with Crippen molar-refractivity contribution in [2.75, 3.05) is 39.3 Å². The van der Waals surface area contributed by atoms with Gasteiger partial charge in [0.2, 0.25) is 0 Å². The maximum Gasteiger partial charge on any atom is 0.270 e. The molecule has 1 saturated heterocycles. The Morgan fingerprint density at radius 2 is 1.69 bits per heavy atom. The zero-order chi connectivity index (χ0) is 17.8. The van der Waals surface area contributed by atoms with Gasteiger partial charge in [0.05, 0.1) is 0 Å². The number of para-hydroxylation sites is 2. The third-order valence-electron chi connectivity index (χ3n) is 4.84. The molecule has 1 aromatic heterocycles. The van der Waals surface area contributed by atoms with Gasteiger partial charge >= 0.3 is 0 Å². The van der Waals surface area contributed by atoms with Crippen LogP contribution in [0, 0.1) is 0 Å². The van der Waals surface area contributed by atoms with Gasteiger partial charge in [-0.05, 0) is 24.3 Å². The lowest BCUT2D eigenvalue weighted by molar-refractivity contribution is 0.0615. The molecule has 5 nitrogen and oxygen atoms in total. The molecular weight excluding hydrogens is 326 g/mol. The number of benzene rings is 2. The van der Waals surface area contributed by atoms with E-state index >= 15 is 0 Å². The molecule has 5 heteroatoms. The highest BCUT2D eigenvalue weighted by molar-refractivity contribution is 5.98. The minimum absolute atomic E-state index is 0.0846. The first-order valence-electron chi connectivity index (χ1n) is 9.07. The number of amides is 1. The van der Waals surface area contributed by atoms with Crippen molar-refractivity contribution < 1.29 is 9.53 Å². The Morgan fingerprint density at radius 1 is 0.962 bits per heavy atom. The van der Waals surface area contributed by atoms with E-state index in [2.05, 4.69) is 9.88 Å². The maximum absolute atomic E-state index is 12.7. The normalized spacial score (nSPS) is 15.3. The van der Waals surface area contributed by atoms with Crippen molar-refractivity contribution in [3.63, 3.8) is 0 Å². The minimum Gasteiger partial charge on any atom is -0.492 e. The summed E-state index contributed by atoms with van der Waals surface area (Å²) in [5.74, 6) is 0.988. The van der Waals surface area contributed by atoms with Crippen molar-refractivity contribution in [2.45, 2.75) is 0 Å². The summed E-state index contributed by atoms with van der Waals surface area (Å²) in [5.41, 5.74) is 1.68. The van der Waals surface area contributed by atoms with Crippen molar-refractivity contribution in [1.82, 2.24) is 14.8 Å². The third kappa shape index (κ3) is 3.73. The highest BCUT2D eigenvalue weighted by Gasteiger charge is 2.23. The van der Waals surface area contributed by atoms with Gasteiger partial charge in [0.15, 0.2) is 0 Å². The van der Waals surface area contributed by atoms with E-state index < -0.39 is 0 Å². The van der Waals surface area contributed by atoms with Gasteiger partial charge in [0.1, 0.15) is 18.1 Å². The van der Waals surface area contributed by atoms with Gasteiger partial charge in [-0.15, -0.1) is 0 Å². The van der Waals surface area contributed by atoms with E-state index in [1.54, 1.807) is 0 Å². The van der Waals surface area contributed by atoms with Crippen molar-refractivity contribution in [3.05, 3.63) is 66.4 Å². The van der Waals surface area contributed by atoms with E-state index in [-0.39, 0.29) is 5.91 Å². The summed E-state index contributed by atoms with van der Waals surface area (Å²) in [6, 6.07) is 19.8. The molecule has 4 rings (SSSR count). The Bertz CT molecular complexity index is 834. The van der Waals surface area contributed by atoms with E-state index in [1.165, 1.54) is 0 Å². The fraction of sp³-hybridized carbons (Fsp3) is 0.286. The van der Waals surface area contributed by atoms with Crippen LogP contribution < -0.4 is 4.74 Å². The largest absolute Gasteiger partial charge is 0.492 e. The number of piperazine rings is 1. The third-order valence-corrected chi connectivity index (χ3v) is 4.84. The molecule has 1 amide bonds. The van der Waals surface area contributed by atoms with Crippen LogP contribution in [-0.4, -0.2) is 60.0 Å². The number of fused-ring (bicyclic) bond motifs is 1. The smallest absolute Gasteiger partial charge is 0.270 e. The highest BCUT2D eigenvalue weighted by Crippen LogP contribution is 2.17. The molecule has 2 heterocycles. The number of rotatable bonds is 5. The molecule has 0 atom stereocenters. The first kappa shape index (κ1) is 16.7. The summed E-state index contributed by atoms with van der Waals surface area (Å²) < 4.78 is 5.76. The van der Waals surface area contributed by atoms with Crippen LogP contribution in [0.25, 0.3) is 10.9 Å². The van der Waals surface area contributed by atoms with Crippen LogP contribution in [0.5, 0.6) is 5.75 Å². The average molecular weight is 349 g/mol. The van der Waals surface area contributed by atoms with Gasteiger partial charge in [-0.1, -0.05) is 36.4 Å². The van der Waals surface area contributed by atoms with E-state index in [0.717, 1.165) is 49.4 Å². The van der Waals surface area contributed by atoms with Crippen molar-refractivity contribution in [2.24, 2.45) is 0 Å². The average Bonchev–Trinajstić information content (AvgIpc) is 3.13. The van der Waals surface area contributed by atoms with Gasteiger partial charge in [-0.3, -0.25) is 9.69 Å². The van der Waals surface area contributed by atoms with Gasteiger partial charge < -0.3 is 14.6 Å². The molecule has 1 N–H and O–H groups in total. The number of hydrogen-bond donors (Lipinski definition) is 1. The van der Waals surface area contributed by atoms with Gasteiger partial charge in [-0.2, -0.15) is 0 Å². The number of hydrogen-bond acceptors (Lipinski definition) is 3. The van der Waals surface area contributed by atoms with E-state index in [4.69, 9.17) is 4.74 Å². The molecule has 0 saturated carbocycles. The van der Waals surface area contributed by atoms with Gasteiger partial charge in [0, 0.05) is 43.6 Å². The molecule has 1 aliphatic heterocycles. The number of aromatic amines is 1. The Kier molecular flexibility index (Phi) is 4.88. The second-order valence-corrected chi connectivity index (χ2v) is 6.57. The lowest BCUT2D eigenvalue weighted by atomic mass is 10.2. The van der Waals surface area contributed by atoms with Gasteiger partial charge in [-0.25, -0.2) is 0 Å². The second kappa shape index (κ2) is 7.62. The predicted octanol–water partition coefficient (Wildman–Crippen LogP) is 3.00. The molecule has 3 aromatic rings. The number of ether oxygens (including phenoxy) is 1. The van der Waals surface area contributed by atoms with Crippen molar-refractivity contribution in [3.8, 4) is 5.75 Å². The van der Waals surface area contributed by atoms with Crippen LogP contribution in [0.1, 0.15) is 10.5 Å². The number of nitrogens with zero attached hydrogens (tertiary/aromatic N) is 2. The molecular formula is C21H23N3O2. The minimum atomic E-state index is 0.0846. The topological polar surface area (TPSA) is 48.6 Å². The fourth-order valence-corrected chi connectivity index (χ4v) is 3.34. The first-order chi connectivity index (χ1) is 12.8. The van der Waals surface area contributed by atoms with Crippen LogP contribution in [-0.2, 0) is 0 Å². The fourth-order valence-electron chi connectivity index (χ4n) is 3.34. The Hall–Kier alpha value is -2.79. The molecule has 0 bridgehead atoms. The SMILES string of the molecule is O=C(c1cc2ccccc2[nH]1)N1CCN(CCOc2ccccc2)CC1. The molecule has 1 fully saturated rings. The van der Waals surface area contributed by atoms with Crippen LogP contribution in [0.2, 0.25) is 0 Å². The van der Waals surface area contributed by atoms with E-state index in [1.807, 2.05) is 65.6 Å². The number of carbonyl (C=O) groups is 1. The van der Waals surface area contributed by atoms with Crippen molar-refractivity contribution in [1.29, 1.82) is 0 Å². The number of nitrogens with one attached hydrogen (secondary N) is 1. The molecule has 1 aliphatic rings. The van der Waals surface area contributed by atoms with Crippen LogP contribution in [0.15, 0.2) is 60.7 Å². The summed E-state index contributed by atoms with van der Waals surface area (Å²) in [6.07, 6.45) is 0. The Morgan fingerprint density at radius 3 is 2.46 bits per heavy atom. The predicted molar refractivity (Wildman–Crippen MR) is 103 cm³/mol. The zero-order valence-corrected chi connectivity index (χ0v) is 14.7. The monoisotopic (exact) mass is 349 g/mol. The van der Waals surface area contributed by atoms with Crippen LogP contribution in [0.3, 0.4) is 0 Å². The summed E-state index contributed by atoms with van der Waals surface area (Å²) >= 11 is 0. The molecule has 0 spiro atoms. The van der Waals surface area contributed by atoms with Crippen LogP contribution >= 0.6 is 0 Å². The standard InChI is InChI=1S/C21H23N3O2/c25-21(20-16-17-6-4-5-9-19(17)22-20)24-12-10-23(11-13-24)14-15-26-18-7-2-1-3-8-18/h1-9,16,22H,10-15H2. The van der Waals surface area contributed by atoms with Gasteiger partial charge in [0.25, 0.3) is 5.91 Å². The van der Waals surface area contributed by atoms with E-state index in [9.17, 15) is 4.79 Å². The highest BCUT2D eigenvalue weighted by atomic mass is 16.5. The molecule has 2 aromatic carbocycles. The number of aromatic nitrogens is 1. The summed E-state index contributed by atoms with van der Waals surface area (Å²) in [6.45, 7) is 4.80. The zero-order valence-electron chi connectivity index (χ0n) is 14.7. The first-order valence-corrected chi connectivity index (χ1v) is 9.07. The Labute approximate surface area is 153 Å². The lowest BCUT2D eigenvalue weighted by Gasteiger charge is -2.34. The molecule has 0 aliphatic carbocycles. The summed E-state index contributed by atoms with van der Waals surface area (Å²) in [7, 11) is 0. The lowest BCUT2D eigenvalue weighted by Crippen LogP contribution is -2.49. The second-order valence-electron chi connectivity index (χ2n) is 6.57.